The predicted octanol–water partition coefficient (Wildman–Crippen LogP) is 6.87. The number of nitrogens with zero attached hydrogens (tertiary/aromatic N) is 1. The van der Waals surface area contributed by atoms with Crippen LogP contribution in [0.5, 0.6) is 5.75 Å². The third kappa shape index (κ3) is 6.63. The molecule has 7 nitrogen and oxygen atoms in total. The van der Waals surface area contributed by atoms with Crippen molar-refractivity contribution in [3.63, 3.8) is 0 Å². The van der Waals surface area contributed by atoms with Crippen molar-refractivity contribution >= 4 is 17.4 Å². The Morgan fingerprint density at radius 2 is 1.73 bits per heavy atom. The summed E-state index contributed by atoms with van der Waals surface area (Å²) in [5, 5.41) is 22.0. The fraction of sp³-hybridized carbons (Fsp3) is 0.312. The summed E-state index contributed by atoms with van der Waals surface area (Å²) in [5.41, 5.74) is 4.88. The van der Waals surface area contributed by atoms with Crippen molar-refractivity contribution in [2.24, 2.45) is 5.92 Å². The lowest BCUT2D eigenvalue weighted by Gasteiger charge is -2.20. The SMILES string of the molecule is CCC(Cc1ccccc1)c1cc(O)c(C(c2ccc(CNN(Cc3ccccc3)C(=O)O)s2)C2CC2)c(=O)o1. The molecule has 0 spiro atoms. The molecule has 1 aliphatic carbocycles. The van der Waals surface area contributed by atoms with E-state index < -0.39 is 11.7 Å². The van der Waals surface area contributed by atoms with Crippen molar-refractivity contribution < 1.29 is 19.4 Å². The Bertz CT molecular complexity index is 1480. The van der Waals surface area contributed by atoms with Crippen LogP contribution in [0, 0.1) is 5.92 Å². The molecule has 0 saturated heterocycles. The van der Waals surface area contributed by atoms with Crippen LogP contribution in [0.3, 0.4) is 0 Å². The average Bonchev–Trinajstić information content (AvgIpc) is 3.69. The van der Waals surface area contributed by atoms with E-state index in [4.69, 9.17) is 4.42 Å². The first-order valence-electron chi connectivity index (χ1n) is 13.7. The number of hydrazine groups is 1. The molecule has 3 N–H and O–H groups in total. The predicted molar refractivity (Wildman–Crippen MR) is 156 cm³/mol. The van der Waals surface area contributed by atoms with Gasteiger partial charge in [-0.15, -0.1) is 11.3 Å². The van der Waals surface area contributed by atoms with Gasteiger partial charge < -0.3 is 14.6 Å². The fourth-order valence-electron chi connectivity index (χ4n) is 5.17. The fourth-order valence-corrected chi connectivity index (χ4v) is 6.32. The quantitative estimate of drug-likeness (QED) is 0.164. The Morgan fingerprint density at radius 1 is 1.05 bits per heavy atom. The van der Waals surface area contributed by atoms with Crippen LogP contribution in [0.4, 0.5) is 4.79 Å². The number of carbonyl (C=O) groups is 1. The van der Waals surface area contributed by atoms with Crippen LogP contribution >= 0.6 is 11.3 Å². The second kappa shape index (κ2) is 12.5. The van der Waals surface area contributed by atoms with Crippen molar-refractivity contribution in [2.75, 3.05) is 0 Å². The highest BCUT2D eigenvalue weighted by molar-refractivity contribution is 7.12. The van der Waals surface area contributed by atoms with E-state index in [0.717, 1.165) is 46.6 Å². The van der Waals surface area contributed by atoms with E-state index in [0.29, 0.717) is 17.9 Å². The summed E-state index contributed by atoms with van der Waals surface area (Å²) in [4.78, 5) is 27.0. The van der Waals surface area contributed by atoms with Gasteiger partial charge in [0, 0.05) is 34.2 Å². The normalized spacial score (nSPS) is 14.5. The number of rotatable bonds is 12. The Labute approximate surface area is 237 Å². The molecule has 40 heavy (non-hydrogen) atoms. The molecular weight excluding hydrogens is 524 g/mol. The van der Waals surface area contributed by atoms with Gasteiger partial charge in [-0.3, -0.25) is 0 Å². The van der Waals surface area contributed by atoms with Crippen molar-refractivity contribution in [1.82, 2.24) is 10.4 Å². The molecule has 8 heteroatoms. The highest BCUT2D eigenvalue weighted by atomic mass is 32.1. The Morgan fingerprint density at radius 3 is 2.33 bits per heavy atom. The van der Waals surface area contributed by atoms with E-state index in [-0.39, 0.29) is 30.0 Å². The van der Waals surface area contributed by atoms with Crippen LogP contribution in [-0.4, -0.2) is 21.3 Å². The molecule has 4 aromatic rings. The van der Waals surface area contributed by atoms with Crippen molar-refractivity contribution in [1.29, 1.82) is 0 Å². The van der Waals surface area contributed by atoms with E-state index in [2.05, 4.69) is 24.5 Å². The molecule has 2 heterocycles. The molecule has 2 aromatic heterocycles. The zero-order valence-corrected chi connectivity index (χ0v) is 23.3. The maximum absolute atomic E-state index is 13.3. The summed E-state index contributed by atoms with van der Waals surface area (Å²) in [7, 11) is 0. The van der Waals surface area contributed by atoms with Crippen LogP contribution in [-0.2, 0) is 19.5 Å². The summed E-state index contributed by atoms with van der Waals surface area (Å²) >= 11 is 1.52. The van der Waals surface area contributed by atoms with Gasteiger partial charge in [-0.2, -0.15) is 0 Å². The highest BCUT2D eigenvalue weighted by Crippen LogP contribution is 2.49. The largest absolute Gasteiger partial charge is 0.507 e. The Kier molecular flexibility index (Phi) is 8.67. The number of aromatic hydroxyl groups is 1. The third-order valence-electron chi connectivity index (χ3n) is 7.46. The number of thiophene rings is 1. The molecule has 0 radical (unpaired) electrons. The molecule has 2 unspecified atom stereocenters. The summed E-state index contributed by atoms with van der Waals surface area (Å²) in [5.74, 6) is 0.497. The number of hydrogen-bond acceptors (Lipinski definition) is 6. The van der Waals surface area contributed by atoms with Gasteiger partial charge in [-0.1, -0.05) is 67.6 Å². The van der Waals surface area contributed by atoms with E-state index >= 15 is 0 Å². The third-order valence-corrected chi connectivity index (χ3v) is 8.63. The number of hydrogen-bond donors (Lipinski definition) is 3. The molecule has 208 valence electrons. The van der Waals surface area contributed by atoms with Crippen LogP contribution in [0.1, 0.15) is 70.2 Å². The van der Waals surface area contributed by atoms with Gasteiger partial charge in [0.15, 0.2) is 0 Å². The molecule has 2 aromatic carbocycles. The topological polar surface area (TPSA) is 103 Å². The number of carboxylic acid groups (broad SMARTS) is 1. The lowest BCUT2D eigenvalue weighted by Crippen LogP contribution is -2.40. The minimum absolute atomic E-state index is 0.0114. The molecule has 1 aliphatic rings. The molecule has 0 aliphatic heterocycles. The van der Waals surface area contributed by atoms with Crippen molar-refractivity contribution in [2.45, 2.75) is 57.5 Å². The molecule has 1 fully saturated rings. The monoisotopic (exact) mass is 558 g/mol. The lowest BCUT2D eigenvalue weighted by molar-refractivity contribution is 0.114. The molecule has 0 bridgehead atoms. The minimum Gasteiger partial charge on any atom is -0.507 e. The summed E-state index contributed by atoms with van der Waals surface area (Å²) in [6.45, 7) is 2.61. The van der Waals surface area contributed by atoms with Gasteiger partial charge in [0.1, 0.15) is 11.5 Å². The maximum atomic E-state index is 13.3. The summed E-state index contributed by atoms with van der Waals surface area (Å²) in [6.07, 6.45) is 2.40. The van der Waals surface area contributed by atoms with Crippen LogP contribution in [0.2, 0.25) is 0 Å². The van der Waals surface area contributed by atoms with Gasteiger partial charge in [0.25, 0.3) is 0 Å². The smallest absolute Gasteiger partial charge is 0.422 e. The second-order valence-electron chi connectivity index (χ2n) is 10.3. The number of amides is 1. The molecular formula is C32H34N2O5S. The van der Waals surface area contributed by atoms with Gasteiger partial charge in [0.2, 0.25) is 0 Å². The standard InChI is InChI=1S/C32H34N2O5S/c1-2-23(17-21-9-5-3-6-10-21)27-18-26(35)30(31(36)39-27)29(24-13-14-24)28-16-15-25(40-28)19-33-34(32(37)38)20-22-11-7-4-8-12-22/h3-12,15-16,18,23-24,29,33,35H,2,13-14,17,19-20H2,1H3,(H,37,38). The number of nitrogens with one attached hydrogen (secondary N) is 1. The van der Waals surface area contributed by atoms with Gasteiger partial charge >= 0.3 is 11.7 Å². The highest BCUT2D eigenvalue weighted by Gasteiger charge is 2.38. The first-order chi connectivity index (χ1) is 19.4. The first kappa shape index (κ1) is 27.7. The molecule has 5 rings (SSSR count). The van der Waals surface area contributed by atoms with E-state index in [1.165, 1.54) is 16.3 Å². The minimum atomic E-state index is -1.06. The zero-order valence-electron chi connectivity index (χ0n) is 22.5. The van der Waals surface area contributed by atoms with Crippen molar-refractivity contribution in [3.8, 4) is 5.75 Å². The van der Waals surface area contributed by atoms with Gasteiger partial charge in [-0.25, -0.2) is 20.0 Å². The van der Waals surface area contributed by atoms with Crippen LogP contribution < -0.4 is 11.1 Å². The first-order valence-corrected chi connectivity index (χ1v) is 14.5. The van der Waals surface area contributed by atoms with E-state index in [1.54, 1.807) is 6.07 Å². The zero-order chi connectivity index (χ0) is 28.1. The van der Waals surface area contributed by atoms with Crippen LogP contribution in [0.25, 0.3) is 0 Å². The van der Waals surface area contributed by atoms with E-state index in [9.17, 15) is 19.8 Å². The Balaban J connectivity index is 1.33. The molecule has 1 amide bonds. The summed E-state index contributed by atoms with van der Waals surface area (Å²) < 4.78 is 5.87. The molecule has 1 saturated carbocycles. The van der Waals surface area contributed by atoms with Crippen molar-refractivity contribution in [3.05, 3.63) is 121 Å². The maximum Gasteiger partial charge on any atom is 0.422 e. The van der Waals surface area contributed by atoms with E-state index in [1.807, 2.05) is 60.7 Å². The average molecular weight is 559 g/mol. The summed E-state index contributed by atoms with van der Waals surface area (Å²) in [6, 6.07) is 25.0. The molecule has 2 atom stereocenters. The van der Waals surface area contributed by atoms with Gasteiger partial charge in [-0.05, 0) is 54.9 Å². The lowest BCUT2D eigenvalue weighted by atomic mass is 9.90. The van der Waals surface area contributed by atoms with Gasteiger partial charge in [0.05, 0.1) is 12.1 Å². The Hall–Kier alpha value is -3.88. The van der Waals surface area contributed by atoms with Crippen LogP contribution in [0.15, 0.2) is 88.1 Å². The second-order valence-corrected chi connectivity index (χ2v) is 11.5. The number of benzene rings is 2.